The van der Waals surface area contributed by atoms with Crippen molar-refractivity contribution in [2.75, 3.05) is 4.90 Å². The van der Waals surface area contributed by atoms with Crippen molar-refractivity contribution in [2.45, 2.75) is 26.1 Å². The molecular weight excluding hydrogens is 686 g/mol. The van der Waals surface area contributed by atoms with Crippen molar-refractivity contribution in [3.05, 3.63) is 121 Å². The van der Waals surface area contributed by atoms with Gasteiger partial charge >= 0.3 is 17.9 Å². The van der Waals surface area contributed by atoms with Crippen molar-refractivity contribution in [3.8, 4) is 5.75 Å². The highest BCUT2D eigenvalue weighted by molar-refractivity contribution is 7.16. The molecule has 4 atom stereocenters. The van der Waals surface area contributed by atoms with Gasteiger partial charge in [-0.05, 0) is 55.8 Å². The highest BCUT2D eigenvalue weighted by Crippen LogP contribution is 2.44. The van der Waals surface area contributed by atoms with Crippen LogP contribution in [0.5, 0.6) is 5.75 Å². The number of nitrogens with zero attached hydrogens (tertiary/aromatic N) is 1. The summed E-state index contributed by atoms with van der Waals surface area (Å²) in [6.07, 6.45) is 3.97. The maximum Gasteiger partial charge on any atom is 0.353 e. The summed E-state index contributed by atoms with van der Waals surface area (Å²) in [5.74, 6) is -4.30. The van der Waals surface area contributed by atoms with Crippen LogP contribution in [0.2, 0.25) is 4.34 Å². The molecule has 0 bridgehead atoms. The maximum atomic E-state index is 13.7. The number of ether oxygens (including phenoxy) is 3. The number of benzene rings is 2. The number of carbonyl (C=O) groups excluding carboxylic acids is 5. The molecular formula is C37H26ClNO8S2. The van der Waals surface area contributed by atoms with Crippen LogP contribution in [0.15, 0.2) is 85.5 Å². The molecule has 2 aromatic heterocycles. The molecule has 5 heterocycles. The van der Waals surface area contributed by atoms with Crippen LogP contribution < -0.4 is 9.64 Å². The Morgan fingerprint density at radius 2 is 1.47 bits per heavy atom. The molecule has 2 aromatic carbocycles. The normalized spacial score (nSPS) is 22.0. The fourth-order valence-corrected chi connectivity index (χ4v) is 8.47. The van der Waals surface area contributed by atoms with E-state index < -0.39 is 42.0 Å². The predicted octanol–water partition coefficient (Wildman–Crippen LogP) is 7.07. The van der Waals surface area contributed by atoms with Crippen LogP contribution >= 0.6 is 34.3 Å². The third-order valence-corrected chi connectivity index (χ3v) is 10.8. The van der Waals surface area contributed by atoms with Crippen molar-refractivity contribution in [1.82, 2.24) is 0 Å². The molecule has 2 fully saturated rings. The summed E-state index contributed by atoms with van der Waals surface area (Å²) in [5.41, 5.74) is 2.32. The highest BCUT2D eigenvalue weighted by atomic mass is 35.5. The molecule has 0 radical (unpaired) electrons. The highest BCUT2D eigenvalue weighted by Gasteiger charge is 2.59. The van der Waals surface area contributed by atoms with Crippen molar-refractivity contribution in [3.63, 3.8) is 0 Å². The molecule has 4 aromatic rings. The van der Waals surface area contributed by atoms with Crippen molar-refractivity contribution in [2.24, 2.45) is 11.8 Å². The Labute approximate surface area is 293 Å². The molecule has 0 aliphatic carbocycles. The Balaban J connectivity index is 1.09. The van der Waals surface area contributed by atoms with E-state index in [2.05, 4.69) is 6.58 Å². The van der Waals surface area contributed by atoms with Crippen LogP contribution in [-0.2, 0) is 28.7 Å². The zero-order valence-corrected chi connectivity index (χ0v) is 28.4. The molecule has 4 unspecified atom stereocenters. The Morgan fingerprint density at radius 3 is 2.08 bits per heavy atom. The molecule has 49 heavy (non-hydrogen) atoms. The molecule has 12 heteroatoms. The number of thiophene rings is 2. The zero-order chi connectivity index (χ0) is 34.6. The Bertz CT molecular complexity index is 2130. The lowest BCUT2D eigenvalue weighted by molar-refractivity contribution is -0.149. The van der Waals surface area contributed by atoms with E-state index in [1.54, 1.807) is 32.1 Å². The van der Waals surface area contributed by atoms with Gasteiger partial charge in [-0.2, -0.15) is 0 Å². The number of hydrogen-bond donors (Lipinski definition) is 0. The second-order valence-electron chi connectivity index (χ2n) is 11.5. The van der Waals surface area contributed by atoms with Crippen molar-refractivity contribution in [1.29, 1.82) is 0 Å². The van der Waals surface area contributed by atoms with Gasteiger partial charge in [0.15, 0.2) is 0 Å². The fraction of sp³-hybridized carbons (Fsp3) is 0.162. The molecule has 3 aliphatic heterocycles. The summed E-state index contributed by atoms with van der Waals surface area (Å²) in [5, 5.41) is 0. The summed E-state index contributed by atoms with van der Waals surface area (Å²) in [4.78, 5) is 68.6. The molecule has 9 nitrogen and oxygen atoms in total. The topological polar surface area (TPSA) is 116 Å². The minimum Gasteiger partial charge on any atom is -0.422 e. The monoisotopic (exact) mass is 711 g/mol. The largest absolute Gasteiger partial charge is 0.422 e. The van der Waals surface area contributed by atoms with E-state index in [4.69, 9.17) is 25.8 Å². The summed E-state index contributed by atoms with van der Waals surface area (Å²) < 4.78 is 17.1. The maximum absolute atomic E-state index is 13.7. The van der Waals surface area contributed by atoms with Gasteiger partial charge in [-0.1, -0.05) is 60.2 Å². The molecule has 0 spiro atoms. The third-order valence-electron chi connectivity index (χ3n) is 8.62. The summed E-state index contributed by atoms with van der Waals surface area (Å²) in [6.45, 7) is 7.32. The molecule has 2 saturated heterocycles. The second-order valence-corrected chi connectivity index (χ2v) is 14.7. The number of amides is 2. The lowest BCUT2D eigenvalue weighted by Gasteiger charge is -2.19. The van der Waals surface area contributed by atoms with Crippen LogP contribution in [0, 0.1) is 25.7 Å². The van der Waals surface area contributed by atoms with E-state index in [0.29, 0.717) is 26.0 Å². The zero-order valence-electron chi connectivity index (χ0n) is 26.0. The van der Waals surface area contributed by atoms with Crippen LogP contribution in [-0.4, -0.2) is 41.9 Å². The Kier molecular flexibility index (Phi) is 8.53. The number of esters is 3. The predicted molar refractivity (Wildman–Crippen MR) is 186 cm³/mol. The average molecular weight is 712 g/mol. The van der Waals surface area contributed by atoms with Crippen molar-refractivity contribution < 1.29 is 38.2 Å². The molecule has 246 valence electrons. The number of rotatable bonds is 8. The van der Waals surface area contributed by atoms with Gasteiger partial charge in [0.25, 0.3) is 0 Å². The van der Waals surface area contributed by atoms with E-state index in [1.807, 2.05) is 36.4 Å². The minimum absolute atomic E-state index is 0.0614. The van der Waals surface area contributed by atoms with E-state index >= 15 is 0 Å². The van der Waals surface area contributed by atoms with Gasteiger partial charge in [0.2, 0.25) is 11.8 Å². The van der Waals surface area contributed by atoms with E-state index in [1.165, 1.54) is 41.7 Å². The fourth-order valence-electron chi connectivity index (χ4n) is 6.37. The van der Waals surface area contributed by atoms with E-state index in [9.17, 15) is 24.0 Å². The molecule has 0 saturated carbocycles. The Morgan fingerprint density at radius 1 is 0.857 bits per heavy atom. The minimum atomic E-state index is -0.808. The number of halogens is 1. The third kappa shape index (κ3) is 5.78. The molecule has 0 N–H and O–H groups in total. The second kappa shape index (κ2) is 12.8. The number of cyclic esters (lactones) is 2. The first-order valence-electron chi connectivity index (χ1n) is 15.1. The van der Waals surface area contributed by atoms with Gasteiger partial charge in [0.1, 0.15) is 10.6 Å². The van der Waals surface area contributed by atoms with Crippen LogP contribution in [0.25, 0.3) is 17.2 Å². The van der Waals surface area contributed by atoms with Crippen LogP contribution in [0.3, 0.4) is 0 Å². The van der Waals surface area contributed by atoms with Gasteiger partial charge in [0, 0.05) is 20.9 Å². The van der Waals surface area contributed by atoms with Gasteiger partial charge < -0.3 is 14.2 Å². The van der Waals surface area contributed by atoms with Crippen LogP contribution in [0.4, 0.5) is 5.69 Å². The van der Waals surface area contributed by atoms with Crippen LogP contribution in [0.1, 0.15) is 36.1 Å². The standard InChI is InChI=1S/C37H26ClNO8S2/c1-4-25-31-32(26(46-25)15-10-20-8-6-5-7-9-20)34(41)39(33(31)40)21-11-13-22(14-12-21)45-35(42)27-16-23(18(2)48-27)29-30(37(44)47-36(29)43)24-17-28(38)49-19(24)3/h4-17,25-26,31-32H,1H2,2-3H3/b15-10+. The summed E-state index contributed by atoms with van der Waals surface area (Å²) >= 11 is 8.54. The number of imide groups is 1. The lowest BCUT2D eigenvalue weighted by atomic mass is 9.89. The van der Waals surface area contributed by atoms with Gasteiger partial charge in [-0.15, -0.1) is 29.3 Å². The van der Waals surface area contributed by atoms with E-state index in [-0.39, 0.29) is 33.6 Å². The average Bonchev–Trinajstić information content (AvgIpc) is 3.86. The first-order chi connectivity index (χ1) is 23.5. The number of aryl methyl sites for hydroxylation is 2. The van der Waals surface area contributed by atoms with Crippen molar-refractivity contribution >= 4 is 86.9 Å². The van der Waals surface area contributed by atoms with Gasteiger partial charge in [0.05, 0.1) is 45.2 Å². The van der Waals surface area contributed by atoms with Gasteiger partial charge in [-0.25, -0.2) is 19.3 Å². The molecule has 7 rings (SSSR count). The molecule has 3 aliphatic rings. The van der Waals surface area contributed by atoms with Gasteiger partial charge in [-0.3, -0.25) is 9.59 Å². The number of anilines is 1. The molecule has 2 amide bonds. The number of carbonyl (C=O) groups is 5. The Hall–Kier alpha value is -4.94. The lowest BCUT2D eigenvalue weighted by Crippen LogP contribution is -2.35. The summed E-state index contributed by atoms with van der Waals surface area (Å²) in [6, 6.07) is 18.8. The SMILES string of the molecule is C=CC1OC(/C=C/c2ccccc2)C2C(=O)N(c3ccc(OC(=O)c4cc(C5=C(c6cc(Cl)sc6C)C(=O)OC5=O)c(C)s4)cc3)C(=O)C12. The first-order valence-corrected chi connectivity index (χ1v) is 17.2. The quantitative estimate of drug-likeness (QED) is 0.0627. The first kappa shape index (κ1) is 32.6. The summed E-state index contributed by atoms with van der Waals surface area (Å²) in [7, 11) is 0. The number of fused-ring (bicyclic) bond motifs is 1. The van der Waals surface area contributed by atoms with E-state index in [0.717, 1.165) is 26.7 Å². The smallest absolute Gasteiger partial charge is 0.353 e. The number of hydrogen-bond acceptors (Lipinski definition) is 10.